The molecule has 2 saturated heterocycles. The van der Waals surface area contributed by atoms with Crippen molar-refractivity contribution >= 4 is 0 Å². The van der Waals surface area contributed by atoms with Gasteiger partial charge in [0.25, 0.3) is 0 Å². The summed E-state index contributed by atoms with van der Waals surface area (Å²) in [6.07, 6.45) is 8.05. The summed E-state index contributed by atoms with van der Waals surface area (Å²) in [6.45, 7) is 22.5. The van der Waals surface area contributed by atoms with Crippen molar-refractivity contribution < 1.29 is 0 Å². The van der Waals surface area contributed by atoms with E-state index in [-0.39, 0.29) is 5.70 Å². The van der Waals surface area contributed by atoms with Gasteiger partial charge >= 0.3 is 5.70 Å². The summed E-state index contributed by atoms with van der Waals surface area (Å²) in [5, 5.41) is 9.54. The topological polar surface area (TPSA) is 41.1 Å². The van der Waals surface area contributed by atoms with Gasteiger partial charge in [0.1, 0.15) is 5.82 Å². The van der Waals surface area contributed by atoms with Crippen LogP contribution in [0.4, 0.5) is 0 Å². The van der Waals surface area contributed by atoms with E-state index in [1.54, 1.807) is 0 Å². The molecule has 6 nitrogen and oxygen atoms in total. The van der Waals surface area contributed by atoms with Crippen molar-refractivity contribution in [2.75, 3.05) is 65.4 Å². The number of likely N-dealkylation sites (tertiary alicyclic amines) is 1. The number of nitrogens with zero attached hydrogens (tertiary/aromatic N) is 6. The van der Waals surface area contributed by atoms with E-state index in [1.165, 1.54) is 19.5 Å². The third kappa shape index (κ3) is 5.98. The fourth-order valence-electron chi connectivity index (χ4n) is 5.13. The SMILES string of the molecule is [C-]#[N+]C(C#N)=C1N(CCCN2CC=CCC2)CCN1CCN1C[C@H](C)C[C@H](C)C1. The average Bonchev–Trinajstić information content (AvgIpc) is 3.10. The molecule has 2 atom stereocenters. The molecule has 0 aromatic carbocycles. The van der Waals surface area contributed by atoms with Crippen LogP contribution < -0.4 is 0 Å². The third-order valence-electron chi connectivity index (χ3n) is 6.34. The van der Waals surface area contributed by atoms with Crippen LogP contribution in [0.25, 0.3) is 4.85 Å². The van der Waals surface area contributed by atoms with Crippen molar-refractivity contribution in [3.8, 4) is 6.07 Å². The molecule has 0 aliphatic carbocycles. The molecule has 2 fully saturated rings. The predicted molar refractivity (Wildman–Crippen MR) is 117 cm³/mol. The Labute approximate surface area is 176 Å². The van der Waals surface area contributed by atoms with Gasteiger partial charge in [-0.05, 0) is 31.1 Å². The first-order valence-corrected chi connectivity index (χ1v) is 11.2. The molecule has 0 radical (unpaired) electrons. The normalized spacial score (nSPS) is 27.7. The molecule has 3 rings (SSSR count). The van der Waals surface area contributed by atoms with E-state index in [0.717, 1.165) is 82.9 Å². The Kier molecular flexibility index (Phi) is 7.98. The standard InChI is InChI=1S/C23H36N6/c1-20-16-21(2)19-27(18-20)12-13-29-15-14-28(23(29)22(17-24)25-3)11-7-10-26-8-5-4-6-9-26/h4-5,20-21H,6-16,18-19H2,1-2H3/t20-,21+. The van der Waals surface area contributed by atoms with Crippen molar-refractivity contribution in [3.05, 3.63) is 35.1 Å². The molecule has 0 N–H and O–H groups in total. The largest absolute Gasteiger partial charge is 0.365 e. The molecular weight excluding hydrogens is 360 g/mol. The lowest BCUT2D eigenvalue weighted by molar-refractivity contribution is 0.130. The van der Waals surface area contributed by atoms with E-state index in [1.807, 2.05) is 0 Å². The number of hydrogen-bond acceptors (Lipinski definition) is 5. The quantitative estimate of drug-likeness (QED) is 0.376. The maximum absolute atomic E-state index is 9.54. The van der Waals surface area contributed by atoms with Crippen LogP contribution in [0.15, 0.2) is 23.7 Å². The highest BCUT2D eigenvalue weighted by Gasteiger charge is 2.29. The Balaban J connectivity index is 1.56. The maximum Gasteiger partial charge on any atom is 0.300 e. The monoisotopic (exact) mass is 396 g/mol. The van der Waals surface area contributed by atoms with Gasteiger partial charge in [-0.25, -0.2) is 10.1 Å². The number of hydrogen-bond donors (Lipinski definition) is 0. The summed E-state index contributed by atoms with van der Waals surface area (Å²) in [7, 11) is 0. The van der Waals surface area contributed by atoms with Gasteiger partial charge in [-0.3, -0.25) is 4.90 Å². The lowest BCUT2D eigenvalue weighted by Crippen LogP contribution is -2.42. The molecule has 3 aliphatic heterocycles. The van der Waals surface area contributed by atoms with Crippen LogP contribution in [-0.4, -0.2) is 85.0 Å². The lowest BCUT2D eigenvalue weighted by atomic mass is 9.92. The molecule has 6 heteroatoms. The molecule has 0 spiro atoms. The zero-order valence-corrected chi connectivity index (χ0v) is 18.2. The molecule has 0 saturated carbocycles. The summed E-state index contributed by atoms with van der Waals surface area (Å²) < 4.78 is 0. The van der Waals surface area contributed by atoms with Crippen LogP contribution in [0.3, 0.4) is 0 Å². The molecule has 0 aromatic heterocycles. The van der Waals surface area contributed by atoms with E-state index >= 15 is 0 Å². The molecule has 0 aromatic rings. The first-order valence-electron chi connectivity index (χ1n) is 11.2. The molecule has 0 bridgehead atoms. The highest BCUT2D eigenvalue weighted by atomic mass is 15.4. The Morgan fingerprint density at radius 2 is 1.76 bits per heavy atom. The number of piperidine rings is 1. The van der Waals surface area contributed by atoms with Gasteiger partial charge in [0, 0.05) is 65.4 Å². The fraction of sp³-hybridized carbons (Fsp3) is 0.739. The van der Waals surface area contributed by atoms with Crippen molar-refractivity contribution in [3.63, 3.8) is 0 Å². The highest BCUT2D eigenvalue weighted by molar-refractivity contribution is 5.33. The highest BCUT2D eigenvalue weighted by Crippen LogP contribution is 2.25. The summed E-state index contributed by atoms with van der Waals surface area (Å²) >= 11 is 0. The first-order chi connectivity index (χ1) is 14.1. The average molecular weight is 397 g/mol. The van der Waals surface area contributed by atoms with Crippen LogP contribution in [0.2, 0.25) is 0 Å². The van der Waals surface area contributed by atoms with Crippen molar-refractivity contribution in [1.82, 2.24) is 19.6 Å². The summed E-state index contributed by atoms with van der Waals surface area (Å²) in [5.74, 6) is 2.39. The minimum absolute atomic E-state index is 0.254. The van der Waals surface area contributed by atoms with E-state index in [9.17, 15) is 5.26 Å². The Bertz CT molecular complexity index is 658. The van der Waals surface area contributed by atoms with E-state index in [2.05, 4.69) is 56.5 Å². The molecule has 29 heavy (non-hydrogen) atoms. The Morgan fingerprint density at radius 1 is 1.03 bits per heavy atom. The summed E-state index contributed by atoms with van der Waals surface area (Å²) in [5.41, 5.74) is 0.254. The van der Waals surface area contributed by atoms with E-state index in [4.69, 9.17) is 6.57 Å². The minimum atomic E-state index is 0.254. The van der Waals surface area contributed by atoms with Gasteiger partial charge in [-0.1, -0.05) is 26.0 Å². The van der Waals surface area contributed by atoms with Gasteiger partial charge < -0.3 is 14.7 Å². The molecule has 0 amide bonds. The minimum Gasteiger partial charge on any atom is -0.365 e. The first kappa shape index (κ1) is 21.7. The van der Waals surface area contributed by atoms with Gasteiger partial charge in [0.05, 0.1) is 12.6 Å². The van der Waals surface area contributed by atoms with E-state index in [0.29, 0.717) is 0 Å². The Hall–Kier alpha value is -2.02. The molecule has 158 valence electrons. The second kappa shape index (κ2) is 10.7. The number of nitriles is 1. The van der Waals surface area contributed by atoms with Crippen LogP contribution in [0.5, 0.6) is 0 Å². The maximum atomic E-state index is 9.54. The fourth-order valence-corrected chi connectivity index (χ4v) is 5.13. The summed E-state index contributed by atoms with van der Waals surface area (Å²) in [4.78, 5) is 13.2. The van der Waals surface area contributed by atoms with Crippen molar-refractivity contribution in [2.24, 2.45) is 11.8 Å². The Morgan fingerprint density at radius 3 is 2.38 bits per heavy atom. The van der Waals surface area contributed by atoms with Gasteiger partial charge in [0.2, 0.25) is 0 Å². The zero-order chi connectivity index (χ0) is 20.6. The smallest absolute Gasteiger partial charge is 0.300 e. The molecule has 0 unspecified atom stereocenters. The molecule has 3 heterocycles. The van der Waals surface area contributed by atoms with Crippen LogP contribution >= 0.6 is 0 Å². The summed E-state index contributed by atoms with van der Waals surface area (Å²) in [6, 6.07) is 2.15. The van der Waals surface area contributed by atoms with E-state index < -0.39 is 0 Å². The number of allylic oxidation sites excluding steroid dienone is 1. The van der Waals surface area contributed by atoms with Crippen molar-refractivity contribution in [2.45, 2.75) is 33.1 Å². The second-order valence-corrected chi connectivity index (χ2v) is 8.99. The lowest BCUT2D eigenvalue weighted by Gasteiger charge is -2.36. The second-order valence-electron chi connectivity index (χ2n) is 8.99. The van der Waals surface area contributed by atoms with Crippen LogP contribution in [0.1, 0.15) is 33.1 Å². The number of rotatable bonds is 7. The van der Waals surface area contributed by atoms with Crippen LogP contribution in [0, 0.1) is 29.7 Å². The molecular formula is C23H36N6. The molecule has 3 aliphatic rings. The van der Waals surface area contributed by atoms with Gasteiger partial charge in [0.15, 0.2) is 0 Å². The van der Waals surface area contributed by atoms with Gasteiger partial charge in [-0.15, -0.1) is 0 Å². The zero-order valence-electron chi connectivity index (χ0n) is 18.2. The van der Waals surface area contributed by atoms with Crippen LogP contribution in [-0.2, 0) is 0 Å². The van der Waals surface area contributed by atoms with Gasteiger partial charge in [-0.2, -0.15) is 0 Å². The third-order valence-corrected chi connectivity index (χ3v) is 6.34. The predicted octanol–water partition coefficient (Wildman–Crippen LogP) is 2.85. The van der Waals surface area contributed by atoms with Crippen molar-refractivity contribution in [1.29, 1.82) is 5.26 Å².